The SMILES string of the molecule is COCCOCc1cc(C(C)(C)c2cc(COC)c(CO)c(COC)c2)cc(COC)c1O. The molecule has 0 atom stereocenters. The molecule has 2 rings (SSSR count). The van der Waals surface area contributed by atoms with Crippen molar-refractivity contribution in [3.63, 3.8) is 0 Å². The summed E-state index contributed by atoms with van der Waals surface area (Å²) in [6.07, 6.45) is 0. The maximum absolute atomic E-state index is 10.8. The normalized spacial score (nSPS) is 11.8. The highest BCUT2D eigenvalue weighted by Gasteiger charge is 2.27. The van der Waals surface area contributed by atoms with Crippen LogP contribution in [0, 0.1) is 0 Å². The number of hydrogen-bond donors (Lipinski definition) is 2. The zero-order valence-corrected chi connectivity index (χ0v) is 20.7. The Bertz CT molecular complexity index is 865. The first-order valence-electron chi connectivity index (χ1n) is 11.0. The summed E-state index contributed by atoms with van der Waals surface area (Å²) in [6, 6.07) is 8.11. The van der Waals surface area contributed by atoms with Crippen LogP contribution in [0.2, 0.25) is 0 Å². The van der Waals surface area contributed by atoms with Crippen LogP contribution in [0.3, 0.4) is 0 Å². The van der Waals surface area contributed by atoms with Gasteiger partial charge in [0.25, 0.3) is 0 Å². The summed E-state index contributed by atoms with van der Waals surface area (Å²) >= 11 is 0. The van der Waals surface area contributed by atoms with Crippen molar-refractivity contribution in [2.45, 2.75) is 52.3 Å². The van der Waals surface area contributed by atoms with Crippen LogP contribution < -0.4 is 0 Å². The van der Waals surface area contributed by atoms with Gasteiger partial charge in [-0.15, -0.1) is 0 Å². The summed E-state index contributed by atoms with van der Waals surface area (Å²) in [7, 11) is 6.51. The molecule has 2 aromatic carbocycles. The Hall–Kier alpha value is -2.00. The van der Waals surface area contributed by atoms with Gasteiger partial charge in [-0.05, 0) is 39.9 Å². The Labute approximate surface area is 197 Å². The smallest absolute Gasteiger partial charge is 0.126 e. The molecule has 0 aliphatic carbocycles. The number of methoxy groups -OCH3 is 4. The number of phenols is 1. The van der Waals surface area contributed by atoms with Crippen molar-refractivity contribution in [1.29, 1.82) is 0 Å². The van der Waals surface area contributed by atoms with Crippen molar-refractivity contribution in [3.05, 3.63) is 63.2 Å². The van der Waals surface area contributed by atoms with Gasteiger partial charge in [0.05, 0.1) is 46.2 Å². The lowest BCUT2D eigenvalue weighted by molar-refractivity contribution is 0.0606. The number of hydrogen-bond acceptors (Lipinski definition) is 7. The Morgan fingerprint density at radius 2 is 1.12 bits per heavy atom. The topological polar surface area (TPSA) is 86.6 Å². The minimum Gasteiger partial charge on any atom is -0.507 e. The highest BCUT2D eigenvalue weighted by molar-refractivity contribution is 5.51. The molecule has 0 unspecified atom stereocenters. The predicted octanol–water partition coefficient (Wildman–Crippen LogP) is 3.81. The van der Waals surface area contributed by atoms with Gasteiger partial charge in [-0.25, -0.2) is 0 Å². The van der Waals surface area contributed by atoms with Crippen LogP contribution >= 0.6 is 0 Å². The van der Waals surface area contributed by atoms with E-state index in [1.54, 1.807) is 28.4 Å². The van der Waals surface area contributed by atoms with Gasteiger partial charge in [-0.1, -0.05) is 26.0 Å². The minimum atomic E-state index is -0.420. The summed E-state index contributed by atoms with van der Waals surface area (Å²) in [6.45, 7) is 6.43. The average molecular weight is 463 g/mol. The molecule has 0 radical (unpaired) electrons. The Balaban J connectivity index is 2.58. The van der Waals surface area contributed by atoms with Crippen molar-refractivity contribution < 1.29 is 33.9 Å². The zero-order chi connectivity index (χ0) is 24.4. The maximum Gasteiger partial charge on any atom is 0.126 e. The molecule has 0 aliphatic heterocycles. The van der Waals surface area contributed by atoms with Gasteiger partial charge >= 0.3 is 0 Å². The zero-order valence-electron chi connectivity index (χ0n) is 20.7. The molecule has 0 fully saturated rings. The van der Waals surface area contributed by atoms with Crippen LogP contribution in [0.15, 0.2) is 24.3 Å². The van der Waals surface area contributed by atoms with Crippen LogP contribution in [0.1, 0.15) is 52.8 Å². The van der Waals surface area contributed by atoms with E-state index in [1.807, 2.05) is 12.1 Å². The first-order valence-corrected chi connectivity index (χ1v) is 11.0. The van der Waals surface area contributed by atoms with Crippen molar-refractivity contribution in [1.82, 2.24) is 0 Å². The lowest BCUT2D eigenvalue weighted by Crippen LogP contribution is -2.21. The molecular formula is C26H38O7. The van der Waals surface area contributed by atoms with Crippen molar-refractivity contribution >= 4 is 0 Å². The van der Waals surface area contributed by atoms with Crippen LogP contribution in [0.25, 0.3) is 0 Å². The molecular weight excluding hydrogens is 424 g/mol. The van der Waals surface area contributed by atoms with E-state index in [2.05, 4.69) is 26.0 Å². The molecule has 184 valence electrons. The monoisotopic (exact) mass is 462 g/mol. The van der Waals surface area contributed by atoms with Gasteiger partial charge in [0, 0.05) is 45.0 Å². The summed E-state index contributed by atoms with van der Waals surface area (Å²) in [5.41, 5.74) is 5.74. The molecule has 0 aliphatic rings. The van der Waals surface area contributed by atoms with E-state index in [-0.39, 0.29) is 25.6 Å². The van der Waals surface area contributed by atoms with Crippen LogP contribution in [-0.4, -0.2) is 51.9 Å². The molecule has 7 nitrogen and oxygen atoms in total. The number of aliphatic hydroxyl groups is 1. The lowest BCUT2D eigenvalue weighted by atomic mass is 9.75. The summed E-state index contributed by atoms with van der Waals surface area (Å²) in [5, 5.41) is 20.8. The fourth-order valence-corrected chi connectivity index (χ4v) is 3.92. The Morgan fingerprint density at radius 1 is 0.667 bits per heavy atom. The van der Waals surface area contributed by atoms with Crippen LogP contribution in [-0.2, 0) is 62.1 Å². The van der Waals surface area contributed by atoms with Gasteiger partial charge in [-0.2, -0.15) is 0 Å². The molecule has 0 saturated carbocycles. The summed E-state index contributed by atoms with van der Waals surface area (Å²) in [5.74, 6) is 0.185. The van der Waals surface area contributed by atoms with Gasteiger partial charge in [0.2, 0.25) is 0 Å². The van der Waals surface area contributed by atoms with Crippen molar-refractivity contribution in [3.8, 4) is 5.75 Å². The maximum atomic E-state index is 10.8. The number of ether oxygens (including phenoxy) is 5. The molecule has 7 heteroatoms. The van der Waals surface area contributed by atoms with E-state index in [0.29, 0.717) is 37.6 Å². The second-order valence-electron chi connectivity index (χ2n) is 8.54. The van der Waals surface area contributed by atoms with E-state index in [4.69, 9.17) is 23.7 Å². The molecule has 2 N–H and O–H groups in total. The number of aliphatic hydroxyl groups excluding tert-OH is 1. The predicted molar refractivity (Wildman–Crippen MR) is 126 cm³/mol. The van der Waals surface area contributed by atoms with E-state index < -0.39 is 5.41 Å². The highest BCUT2D eigenvalue weighted by atomic mass is 16.5. The van der Waals surface area contributed by atoms with Gasteiger partial charge in [-0.3, -0.25) is 0 Å². The largest absolute Gasteiger partial charge is 0.507 e. The molecule has 2 aromatic rings. The van der Waals surface area contributed by atoms with E-state index in [1.165, 1.54) is 0 Å². The van der Waals surface area contributed by atoms with Crippen molar-refractivity contribution in [2.75, 3.05) is 41.7 Å². The quantitative estimate of drug-likeness (QED) is 0.413. The third kappa shape index (κ3) is 6.76. The molecule has 0 saturated heterocycles. The van der Waals surface area contributed by atoms with Gasteiger partial charge in [0.15, 0.2) is 0 Å². The standard InChI is InChI=1S/C26H38O7/c1-26(2,22-9-18(14-30-4)24(13-27)19(10-22)15-31-5)23-11-20(16-32-6)25(28)21(12-23)17-33-8-7-29-3/h9-12,27-28H,7-8,13-17H2,1-6H3. The molecule has 0 heterocycles. The molecule has 0 spiro atoms. The fraction of sp³-hybridized carbons (Fsp3) is 0.538. The second kappa shape index (κ2) is 13.0. The van der Waals surface area contributed by atoms with Crippen molar-refractivity contribution in [2.24, 2.45) is 0 Å². The third-order valence-electron chi connectivity index (χ3n) is 5.89. The first-order chi connectivity index (χ1) is 15.8. The van der Waals surface area contributed by atoms with E-state index >= 15 is 0 Å². The molecule has 0 amide bonds. The molecule has 0 bridgehead atoms. The Morgan fingerprint density at radius 3 is 1.58 bits per heavy atom. The number of aromatic hydroxyl groups is 1. The minimum absolute atomic E-state index is 0.0851. The second-order valence-corrected chi connectivity index (χ2v) is 8.54. The Kier molecular flexibility index (Phi) is 10.8. The fourth-order valence-electron chi connectivity index (χ4n) is 3.92. The molecule has 33 heavy (non-hydrogen) atoms. The summed E-state index contributed by atoms with van der Waals surface area (Å²) < 4.78 is 26.9. The highest BCUT2D eigenvalue weighted by Crippen LogP contribution is 2.38. The van der Waals surface area contributed by atoms with Gasteiger partial charge < -0.3 is 33.9 Å². The first kappa shape index (κ1) is 27.2. The molecule has 0 aromatic heterocycles. The third-order valence-corrected chi connectivity index (χ3v) is 5.89. The van der Waals surface area contributed by atoms with Gasteiger partial charge in [0.1, 0.15) is 5.75 Å². The number of benzene rings is 2. The van der Waals surface area contributed by atoms with Crippen LogP contribution in [0.4, 0.5) is 0 Å². The van der Waals surface area contributed by atoms with E-state index in [0.717, 1.165) is 27.8 Å². The van der Waals surface area contributed by atoms with E-state index in [9.17, 15) is 10.2 Å². The number of rotatable bonds is 14. The summed E-state index contributed by atoms with van der Waals surface area (Å²) in [4.78, 5) is 0. The number of phenolic OH excluding ortho intramolecular Hbond substituents is 1. The van der Waals surface area contributed by atoms with Crippen LogP contribution in [0.5, 0.6) is 5.75 Å². The lowest BCUT2D eigenvalue weighted by Gasteiger charge is -2.30. The average Bonchev–Trinajstić information content (AvgIpc) is 2.79.